The molecule has 1 saturated carbocycles. The molecule has 1 nitrogen and oxygen atoms in total. The highest BCUT2D eigenvalue weighted by Gasteiger charge is 2.12. The van der Waals surface area contributed by atoms with Gasteiger partial charge in [0.15, 0.2) is 5.78 Å². The second kappa shape index (κ2) is 5.44. The number of ketones is 1. The van der Waals surface area contributed by atoms with E-state index < -0.39 is 0 Å². The highest BCUT2D eigenvalue weighted by molar-refractivity contribution is 9.10. The highest BCUT2D eigenvalue weighted by Crippen LogP contribution is 2.22. The van der Waals surface area contributed by atoms with E-state index in [0.717, 1.165) is 41.3 Å². The van der Waals surface area contributed by atoms with Crippen molar-refractivity contribution in [3.8, 4) is 0 Å². The topological polar surface area (TPSA) is 17.1 Å². The van der Waals surface area contributed by atoms with Crippen molar-refractivity contribution >= 4 is 27.8 Å². The van der Waals surface area contributed by atoms with Gasteiger partial charge in [-0.15, -0.1) is 0 Å². The second-order valence-electron chi connectivity index (χ2n) is 4.20. The lowest BCUT2D eigenvalue weighted by Gasteiger charge is -2.02. The minimum absolute atomic E-state index is 0.334. The molecule has 1 aromatic carbocycles. The van der Waals surface area contributed by atoms with E-state index in [1.807, 2.05) is 30.3 Å². The normalized spacial score (nSPS) is 19.8. The number of carbonyl (C=O) groups excluding carboxylic acids is 1. The maximum Gasteiger partial charge on any atom is 0.158 e. The lowest BCUT2D eigenvalue weighted by molar-refractivity contribution is -0.115. The Morgan fingerprint density at radius 3 is 2.44 bits per heavy atom. The molecule has 1 fully saturated rings. The van der Waals surface area contributed by atoms with Crippen LogP contribution in [-0.4, -0.2) is 5.78 Å². The zero-order valence-corrected chi connectivity index (χ0v) is 10.8. The lowest BCUT2D eigenvalue weighted by Crippen LogP contribution is -1.98. The van der Waals surface area contributed by atoms with Crippen LogP contribution in [0.15, 0.2) is 34.3 Å². The number of rotatable bonds is 1. The summed E-state index contributed by atoms with van der Waals surface area (Å²) in [6, 6.07) is 8.09. The average molecular weight is 279 g/mol. The number of hydrogen-bond donors (Lipinski definition) is 0. The average Bonchev–Trinajstić information content (AvgIpc) is 2.48. The van der Waals surface area contributed by atoms with Crippen molar-refractivity contribution < 1.29 is 4.79 Å². The molecule has 0 atom stereocenters. The van der Waals surface area contributed by atoms with Crippen LogP contribution in [-0.2, 0) is 4.79 Å². The quantitative estimate of drug-likeness (QED) is 0.551. The molecule has 1 aromatic rings. The van der Waals surface area contributed by atoms with Crippen LogP contribution in [0.2, 0.25) is 0 Å². The number of benzene rings is 1. The molecular formula is C14H15BrO. The van der Waals surface area contributed by atoms with Crippen LogP contribution >= 0.6 is 15.9 Å². The molecule has 0 aromatic heterocycles. The Bertz CT molecular complexity index is 403. The summed E-state index contributed by atoms with van der Waals surface area (Å²) in [5, 5.41) is 0. The van der Waals surface area contributed by atoms with Crippen molar-refractivity contribution in [1.82, 2.24) is 0 Å². The first-order valence-electron chi connectivity index (χ1n) is 5.75. The minimum atomic E-state index is 0.334. The van der Waals surface area contributed by atoms with E-state index in [-0.39, 0.29) is 0 Å². The third-order valence-electron chi connectivity index (χ3n) is 2.92. The standard InChI is InChI=1S/C14H15BrO/c15-13-8-6-11(7-9-13)10-12-4-2-1-3-5-14(12)16/h6-10H,1-5H2/b12-10-. The molecule has 2 heteroatoms. The van der Waals surface area contributed by atoms with E-state index in [4.69, 9.17) is 0 Å². The molecule has 0 unspecified atom stereocenters. The molecule has 0 heterocycles. The Hall–Kier alpha value is -0.890. The molecule has 0 N–H and O–H groups in total. The summed E-state index contributed by atoms with van der Waals surface area (Å²) in [5.41, 5.74) is 2.12. The molecule has 0 amide bonds. The van der Waals surface area contributed by atoms with Gasteiger partial charge in [-0.25, -0.2) is 0 Å². The number of Topliss-reactive ketones (excluding diaryl/α,β-unsaturated/α-hetero) is 1. The van der Waals surface area contributed by atoms with Crippen LogP contribution in [0, 0.1) is 0 Å². The van der Waals surface area contributed by atoms with E-state index >= 15 is 0 Å². The summed E-state index contributed by atoms with van der Waals surface area (Å²) in [7, 11) is 0. The van der Waals surface area contributed by atoms with Crippen LogP contribution in [0.4, 0.5) is 0 Å². The highest BCUT2D eigenvalue weighted by atomic mass is 79.9. The van der Waals surface area contributed by atoms with Crippen molar-refractivity contribution in [2.24, 2.45) is 0 Å². The van der Waals surface area contributed by atoms with E-state index in [9.17, 15) is 4.79 Å². The van der Waals surface area contributed by atoms with Gasteiger partial charge in [0.05, 0.1) is 0 Å². The molecule has 0 aliphatic heterocycles. The molecule has 1 aliphatic carbocycles. The number of allylic oxidation sites excluding steroid dienone is 1. The molecule has 84 valence electrons. The van der Waals surface area contributed by atoms with Crippen LogP contribution < -0.4 is 0 Å². The van der Waals surface area contributed by atoms with Gasteiger partial charge in [-0.05, 0) is 48.6 Å². The largest absolute Gasteiger partial charge is 0.295 e. The van der Waals surface area contributed by atoms with Gasteiger partial charge in [0.25, 0.3) is 0 Å². The van der Waals surface area contributed by atoms with Crippen LogP contribution in [0.5, 0.6) is 0 Å². The van der Waals surface area contributed by atoms with E-state index in [2.05, 4.69) is 15.9 Å². The van der Waals surface area contributed by atoms with Gasteiger partial charge in [-0.2, -0.15) is 0 Å². The maximum atomic E-state index is 11.8. The smallest absolute Gasteiger partial charge is 0.158 e. The van der Waals surface area contributed by atoms with Crippen molar-refractivity contribution in [3.63, 3.8) is 0 Å². The minimum Gasteiger partial charge on any atom is -0.295 e. The number of halogens is 1. The van der Waals surface area contributed by atoms with Gasteiger partial charge >= 0.3 is 0 Å². The lowest BCUT2D eigenvalue weighted by atomic mass is 10.0. The molecular weight excluding hydrogens is 264 g/mol. The van der Waals surface area contributed by atoms with Crippen LogP contribution in [0.1, 0.15) is 37.7 Å². The first-order valence-corrected chi connectivity index (χ1v) is 6.54. The molecule has 1 aliphatic rings. The Kier molecular flexibility index (Phi) is 3.94. The fraction of sp³-hybridized carbons (Fsp3) is 0.357. The van der Waals surface area contributed by atoms with E-state index in [1.165, 1.54) is 6.42 Å². The summed E-state index contributed by atoms with van der Waals surface area (Å²) in [6.07, 6.45) is 7.09. The fourth-order valence-corrected chi connectivity index (χ4v) is 2.25. The Balaban J connectivity index is 2.21. The van der Waals surface area contributed by atoms with Crippen LogP contribution in [0.3, 0.4) is 0 Å². The van der Waals surface area contributed by atoms with Gasteiger partial charge in [0.1, 0.15) is 0 Å². The zero-order chi connectivity index (χ0) is 11.4. The monoisotopic (exact) mass is 278 g/mol. The van der Waals surface area contributed by atoms with E-state index in [0.29, 0.717) is 5.78 Å². The van der Waals surface area contributed by atoms with Gasteiger partial charge in [-0.3, -0.25) is 4.79 Å². The van der Waals surface area contributed by atoms with Crippen molar-refractivity contribution in [2.75, 3.05) is 0 Å². The van der Waals surface area contributed by atoms with Gasteiger partial charge in [-0.1, -0.05) is 34.5 Å². The summed E-state index contributed by atoms with van der Waals surface area (Å²) >= 11 is 3.41. The molecule has 0 saturated heterocycles. The molecule has 2 rings (SSSR count). The summed E-state index contributed by atoms with van der Waals surface area (Å²) in [6.45, 7) is 0. The summed E-state index contributed by atoms with van der Waals surface area (Å²) in [5.74, 6) is 0.334. The Labute approximate surface area is 105 Å². The van der Waals surface area contributed by atoms with Gasteiger partial charge < -0.3 is 0 Å². The SMILES string of the molecule is O=C1CCCCC/C1=C/c1ccc(Br)cc1. The zero-order valence-electron chi connectivity index (χ0n) is 9.21. The molecule has 0 radical (unpaired) electrons. The first kappa shape index (κ1) is 11.6. The summed E-state index contributed by atoms with van der Waals surface area (Å²) in [4.78, 5) is 11.8. The first-order chi connectivity index (χ1) is 7.75. The summed E-state index contributed by atoms with van der Waals surface area (Å²) < 4.78 is 1.07. The predicted octanol–water partition coefficient (Wildman–Crippen LogP) is 4.37. The van der Waals surface area contributed by atoms with Crippen molar-refractivity contribution in [3.05, 3.63) is 39.9 Å². The third-order valence-corrected chi connectivity index (χ3v) is 3.45. The fourth-order valence-electron chi connectivity index (χ4n) is 1.99. The molecule has 0 spiro atoms. The number of carbonyl (C=O) groups is 1. The molecule has 0 bridgehead atoms. The van der Waals surface area contributed by atoms with Crippen LogP contribution in [0.25, 0.3) is 6.08 Å². The van der Waals surface area contributed by atoms with Gasteiger partial charge in [0.2, 0.25) is 0 Å². The molecule has 16 heavy (non-hydrogen) atoms. The van der Waals surface area contributed by atoms with Crippen molar-refractivity contribution in [2.45, 2.75) is 32.1 Å². The van der Waals surface area contributed by atoms with Gasteiger partial charge in [0, 0.05) is 10.9 Å². The predicted molar refractivity (Wildman–Crippen MR) is 70.2 cm³/mol. The van der Waals surface area contributed by atoms with E-state index in [1.54, 1.807) is 0 Å². The van der Waals surface area contributed by atoms with Crippen molar-refractivity contribution in [1.29, 1.82) is 0 Å². The maximum absolute atomic E-state index is 11.8. The second-order valence-corrected chi connectivity index (χ2v) is 5.12. The number of hydrogen-bond acceptors (Lipinski definition) is 1. The Morgan fingerprint density at radius 2 is 1.69 bits per heavy atom. The third kappa shape index (κ3) is 3.05. The Morgan fingerprint density at radius 1 is 1.00 bits per heavy atom.